The van der Waals surface area contributed by atoms with Crippen molar-refractivity contribution >= 4 is 27.6 Å². The van der Waals surface area contributed by atoms with E-state index in [1.807, 2.05) is 0 Å². The Labute approximate surface area is 105 Å². The van der Waals surface area contributed by atoms with Crippen LogP contribution in [0.25, 0.3) is 0 Å². The first-order valence-corrected chi connectivity index (χ1v) is 7.47. The molecule has 1 aliphatic rings. The minimum Gasteiger partial charge on any atom is -0.320 e. The summed E-state index contributed by atoms with van der Waals surface area (Å²) in [7, 11) is -3.55. The summed E-state index contributed by atoms with van der Waals surface area (Å²) < 4.78 is 22.7. The molecule has 2 atom stereocenters. The summed E-state index contributed by atoms with van der Waals surface area (Å²) in [6.07, 6.45) is 1.27. The molecule has 1 saturated heterocycles. The minimum absolute atomic E-state index is 0.289. The highest BCUT2D eigenvalue weighted by molar-refractivity contribution is 7.92. The van der Waals surface area contributed by atoms with Crippen molar-refractivity contribution in [3.63, 3.8) is 0 Å². The van der Waals surface area contributed by atoms with Crippen molar-refractivity contribution < 1.29 is 22.8 Å². The van der Waals surface area contributed by atoms with Crippen LogP contribution in [-0.4, -0.2) is 55.1 Å². The van der Waals surface area contributed by atoms with Gasteiger partial charge in [-0.15, -0.1) is 0 Å². The van der Waals surface area contributed by atoms with Gasteiger partial charge in [-0.05, 0) is 13.3 Å². The molecule has 7 nitrogen and oxygen atoms in total. The summed E-state index contributed by atoms with van der Waals surface area (Å²) in [5.41, 5.74) is 0. The summed E-state index contributed by atoms with van der Waals surface area (Å²) >= 11 is 0. The Hall–Kier alpha value is -1.44. The Kier molecular flexibility index (Phi) is 4.10. The maximum absolute atomic E-state index is 12.0. The molecule has 3 amide bonds. The summed E-state index contributed by atoms with van der Waals surface area (Å²) in [6.45, 7) is 2.65. The van der Waals surface area contributed by atoms with Gasteiger partial charge in [-0.2, -0.15) is 0 Å². The van der Waals surface area contributed by atoms with Crippen LogP contribution in [0.4, 0.5) is 0 Å². The van der Waals surface area contributed by atoms with E-state index in [1.54, 1.807) is 6.92 Å². The van der Waals surface area contributed by atoms with E-state index in [0.717, 1.165) is 11.2 Å². The standard InChI is InChI=1S/C10H16N2O5S/c1-4-7-9(14)11-8(13)5-12(7)10(15)6(2)18(3,16)17/h6-7H,4-5H2,1-3H3,(H,11,13,14). The highest BCUT2D eigenvalue weighted by Gasteiger charge is 2.39. The highest BCUT2D eigenvalue weighted by Crippen LogP contribution is 2.13. The molecule has 0 bridgehead atoms. The van der Waals surface area contributed by atoms with Crippen LogP contribution in [0.2, 0.25) is 0 Å². The Morgan fingerprint density at radius 3 is 2.50 bits per heavy atom. The van der Waals surface area contributed by atoms with Crippen LogP contribution in [0.3, 0.4) is 0 Å². The lowest BCUT2D eigenvalue weighted by molar-refractivity contribution is -0.149. The van der Waals surface area contributed by atoms with E-state index in [0.29, 0.717) is 6.42 Å². The molecule has 1 fully saturated rings. The van der Waals surface area contributed by atoms with Gasteiger partial charge in [0.05, 0.1) is 0 Å². The van der Waals surface area contributed by atoms with Gasteiger partial charge in [0.2, 0.25) is 17.7 Å². The third-order valence-electron chi connectivity index (χ3n) is 2.92. The largest absolute Gasteiger partial charge is 0.320 e. The molecule has 1 aliphatic heterocycles. The van der Waals surface area contributed by atoms with Crippen LogP contribution < -0.4 is 5.32 Å². The van der Waals surface area contributed by atoms with Gasteiger partial charge in [-0.1, -0.05) is 6.92 Å². The molecule has 0 radical (unpaired) electrons. The maximum atomic E-state index is 12.0. The smallest absolute Gasteiger partial charge is 0.249 e. The molecule has 0 saturated carbocycles. The fourth-order valence-corrected chi connectivity index (χ4v) is 2.22. The summed E-state index contributed by atoms with van der Waals surface area (Å²) in [5, 5.41) is 0.863. The molecular weight excluding hydrogens is 260 g/mol. The van der Waals surface area contributed by atoms with Crippen molar-refractivity contribution in [2.75, 3.05) is 12.8 Å². The van der Waals surface area contributed by atoms with E-state index < -0.39 is 38.9 Å². The molecule has 0 aliphatic carbocycles. The molecular formula is C10H16N2O5S. The number of carbonyl (C=O) groups is 3. The van der Waals surface area contributed by atoms with Crippen molar-refractivity contribution in [2.24, 2.45) is 0 Å². The fraction of sp³-hybridized carbons (Fsp3) is 0.700. The number of imide groups is 1. The molecule has 102 valence electrons. The Morgan fingerprint density at radius 1 is 1.50 bits per heavy atom. The zero-order valence-corrected chi connectivity index (χ0v) is 11.3. The first-order chi connectivity index (χ1) is 8.18. The molecule has 18 heavy (non-hydrogen) atoms. The Morgan fingerprint density at radius 2 is 2.06 bits per heavy atom. The normalized spacial score (nSPS) is 22.6. The summed E-state index contributed by atoms with van der Waals surface area (Å²) in [4.78, 5) is 35.8. The van der Waals surface area contributed by atoms with Crippen molar-refractivity contribution in [3.8, 4) is 0 Å². The number of piperazine rings is 1. The Balaban J connectivity index is 3.01. The number of nitrogens with one attached hydrogen (secondary N) is 1. The van der Waals surface area contributed by atoms with Crippen LogP contribution in [0, 0.1) is 0 Å². The lowest BCUT2D eigenvalue weighted by Gasteiger charge is -2.34. The second kappa shape index (κ2) is 5.05. The monoisotopic (exact) mass is 276 g/mol. The van der Waals surface area contributed by atoms with E-state index in [9.17, 15) is 22.8 Å². The van der Waals surface area contributed by atoms with Gasteiger partial charge >= 0.3 is 0 Å². The maximum Gasteiger partial charge on any atom is 0.249 e. The topological polar surface area (TPSA) is 101 Å². The van der Waals surface area contributed by atoms with Crippen molar-refractivity contribution in [1.82, 2.24) is 10.2 Å². The number of amides is 3. The lowest BCUT2D eigenvalue weighted by Crippen LogP contribution is -2.61. The molecule has 0 aromatic heterocycles. The molecule has 1 rings (SSSR count). The lowest BCUT2D eigenvalue weighted by atomic mass is 10.1. The average molecular weight is 276 g/mol. The number of rotatable bonds is 3. The van der Waals surface area contributed by atoms with Gasteiger partial charge in [-0.25, -0.2) is 8.42 Å². The quantitative estimate of drug-likeness (QED) is 0.645. The minimum atomic E-state index is -3.55. The average Bonchev–Trinajstić information content (AvgIpc) is 2.24. The van der Waals surface area contributed by atoms with Gasteiger partial charge in [0.15, 0.2) is 9.84 Å². The first-order valence-electron chi connectivity index (χ1n) is 5.51. The van der Waals surface area contributed by atoms with E-state index in [-0.39, 0.29) is 6.54 Å². The molecule has 8 heteroatoms. The SMILES string of the molecule is CCC1C(=O)NC(=O)CN1C(=O)C(C)S(C)(=O)=O. The molecule has 2 unspecified atom stereocenters. The molecule has 0 spiro atoms. The van der Waals surface area contributed by atoms with Crippen LogP contribution >= 0.6 is 0 Å². The fourth-order valence-electron chi connectivity index (χ4n) is 1.72. The van der Waals surface area contributed by atoms with Crippen molar-refractivity contribution in [3.05, 3.63) is 0 Å². The highest BCUT2D eigenvalue weighted by atomic mass is 32.2. The second-order valence-electron chi connectivity index (χ2n) is 4.27. The van der Waals surface area contributed by atoms with Gasteiger partial charge < -0.3 is 4.90 Å². The van der Waals surface area contributed by atoms with Crippen LogP contribution in [-0.2, 0) is 24.2 Å². The number of hydrogen-bond donors (Lipinski definition) is 1. The van der Waals surface area contributed by atoms with E-state index >= 15 is 0 Å². The summed E-state index contributed by atoms with van der Waals surface area (Å²) in [6, 6.07) is -0.792. The van der Waals surface area contributed by atoms with Gasteiger partial charge in [-0.3, -0.25) is 19.7 Å². The number of sulfone groups is 1. The van der Waals surface area contributed by atoms with E-state index in [2.05, 4.69) is 5.32 Å². The first kappa shape index (κ1) is 14.6. The third-order valence-corrected chi connectivity index (χ3v) is 4.40. The predicted octanol–water partition coefficient (Wildman–Crippen LogP) is -1.32. The number of hydrogen-bond acceptors (Lipinski definition) is 5. The van der Waals surface area contributed by atoms with Crippen LogP contribution in [0.5, 0.6) is 0 Å². The number of carbonyl (C=O) groups excluding carboxylic acids is 3. The predicted molar refractivity (Wildman–Crippen MR) is 63.2 cm³/mol. The zero-order chi connectivity index (χ0) is 14.1. The second-order valence-corrected chi connectivity index (χ2v) is 6.64. The van der Waals surface area contributed by atoms with Gasteiger partial charge in [0.25, 0.3) is 0 Å². The van der Waals surface area contributed by atoms with Gasteiger partial charge in [0, 0.05) is 6.26 Å². The van der Waals surface area contributed by atoms with Crippen molar-refractivity contribution in [2.45, 2.75) is 31.6 Å². The van der Waals surface area contributed by atoms with Gasteiger partial charge in [0.1, 0.15) is 17.8 Å². The molecule has 0 aromatic carbocycles. The van der Waals surface area contributed by atoms with E-state index in [1.165, 1.54) is 6.92 Å². The summed E-state index contributed by atoms with van der Waals surface area (Å²) in [5.74, 6) is -1.88. The molecule has 1 N–H and O–H groups in total. The van der Waals surface area contributed by atoms with Crippen LogP contribution in [0.1, 0.15) is 20.3 Å². The molecule has 0 aromatic rings. The zero-order valence-electron chi connectivity index (χ0n) is 10.5. The number of nitrogens with zero attached hydrogens (tertiary/aromatic N) is 1. The molecule has 1 heterocycles. The van der Waals surface area contributed by atoms with E-state index in [4.69, 9.17) is 0 Å². The third kappa shape index (κ3) is 2.87. The van der Waals surface area contributed by atoms with Crippen LogP contribution in [0.15, 0.2) is 0 Å². The van der Waals surface area contributed by atoms with Crippen molar-refractivity contribution in [1.29, 1.82) is 0 Å². The Bertz CT molecular complexity index is 484.